The van der Waals surface area contributed by atoms with Gasteiger partial charge in [-0.25, -0.2) is 14.6 Å². The van der Waals surface area contributed by atoms with Crippen LogP contribution in [0.3, 0.4) is 0 Å². The normalized spacial score (nSPS) is 10.9. The topological polar surface area (TPSA) is 93.3 Å². The van der Waals surface area contributed by atoms with Crippen LogP contribution in [0.4, 0.5) is 4.79 Å². The molecule has 0 spiro atoms. The molecule has 0 fully saturated rings. The maximum Gasteiger partial charge on any atom is 0.407 e. The van der Waals surface area contributed by atoms with Gasteiger partial charge < -0.3 is 19.8 Å². The van der Waals surface area contributed by atoms with E-state index >= 15 is 0 Å². The fourth-order valence-electron chi connectivity index (χ4n) is 1.30. The molecule has 7 heteroatoms. The molecule has 0 aliphatic heterocycles. The summed E-state index contributed by atoms with van der Waals surface area (Å²) in [4.78, 5) is 29.4. The number of H-pyrrole nitrogens is 1. The van der Waals surface area contributed by atoms with Crippen molar-refractivity contribution in [2.24, 2.45) is 0 Å². The Balaban J connectivity index is 2.35. The van der Waals surface area contributed by atoms with Gasteiger partial charge in [-0.3, -0.25) is 0 Å². The van der Waals surface area contributed by atoms with E-state index in [1.54, 1.807) is 20.8 Å². The summed E-state index contributed by atoms with van der Waals surface area (Å²) in [6.45, 7) is 5.74. The Hall–Kier alpha value is -2.05. The van der Waals surface area contributed by atoms with Crippen molar-refractivity contribution in [2.45, 2.75) is 32.8 Å². The molecule has 1 amide bonds. The van der Waals surface area contributed by atoms with Crippen LogP contribution >= 0.6 is 0 Å². The van der Waals surface area contributed by atoms with Gasteiger partial charge in [-0.05, 0) is 20.8 Å². The summed E-state index contributed by atoms with van der Waals surface area (Å²) in [7, 11) is 1.30. The number of alkyl carbamates (subject to hydrolysis) is 1. The summed E-state index contributed by atoms with van der Waals surface area (Å²) >= 11 is 0. The molecule has 0 bridgehead atoms. The van der Waals surface area contributed by atoms with Crippen LogP contribution in [0.25, 0.3) is 0 Å². The van der Waals surface area contributed by atoms with E-state index in [-0.39, 0.29) is 5.69 Å². The molecule has 1 aromatic heterocycles. The largest absolute Gasteiger partial charge is 0.464 e. The first-order chi connectivity index (χ1) is 8.81. The molecule has 0 saturated carbocycles. The van der Waals surface area contributed by atoms with E-state index in [0.717, 1.165) is 0 Å². The number of carbonyl (C=O) groups is 2. The Kier molecular flexibility index (Phi) is 4.91. The van der Waals surface area contributed by atoms with Gasteiger partial charge in [0.1, 0.15) is 17.1 Å². The Bertz CT molecular complexity index is 448. The van der Waals surface area contributed by atoms with Gasteiger partial charge in [0.25, 0.3) is 0 Å². The molecule has 0 saturated heterocycles. The number of aromatic amines is 1. The van der Waals surface area contributed by atoms with Crippen molar-refractivity contribution >= 4 is 12.1 Å². The second-order valence-corrected chi connectivity index (χ2v) is 4.91. The molecule has 0 unspecified atom stereocenters. The highest BCUT2D eigenvalue weighted by Gasteiger charge is 2.15. The van der Waals surface area contributed by atoms with Gasteiger partial charge in [-0.1, -0.05) is 0 Å². The lowest BCUT2D eigenvalue weighted by atomic mass is 10.2. The number of rotatable bonds is 4. The minimum absolute atomic E-state index is 0.287. The molecule has 19 heavy (non-hydrogen) atoms. The second kappa shape index (κ2) is 6.21. The maximum absolute atomic E-state index is 11.4. The number of amides is 1. The van der Waals surface area contributed by atoms with Crippen molar-refractivity contribution in [2.75, 3.05) is 13.7 Å². The Morgan fingerprint density at radius 3 is 2.68 bits per heavy atom. The van der Waals surface area contributed by atoms with Gasteiger partial charge in [0.2, 0.25) is 0 Å². The van der Waals surface area contributed by atoms with Crippen LogP contribution in [0.2, 0.25) is 0 Å². The van der Waals surface area contributed by atoms with Crippen LogP contribution < -0.4 is 5.32 Å². The van der Waals surface area contributed by atoms with E-state index in [1.807, 2.05) is 0 Å². The third-order valence-corrected chi connectivity index (χ3v) is 2.06. The Morgan fingerprint density at radius 2 is 2.11 bits per heavy atom. The molecular weight excluding hydrogens is 250 g/mol. The fraction of sp³-hybridized carbons (Fsp3) is 0.583. The van der Waals surface area contributed by atoms with Gasteiger partial charge in [-0.2, -0.15) is 0 Å². The Morgan fingerprint density at radius 1 is 1.42 bits per heavy atom. The third-order valence-electron chi connectivity index (χ3n) is 2.06. The molecule has 7 nitrogen and oxygen atoms in total. The number of nitrogens with zero attached hydrogens (tertiary/aromatic N) is 1. The van der Waals surface area contributed by atoms with Crippen molar-refractivity contribution in [3.05, 3.63) is 17.7 Å². The third kappa shape index (κ3) is 5.41. The van der Waals surface area contributed by atoms with E-state index in [1.165, 1.54) is 13.3 Å². The van der Waals surface area contributed by atoms with E-state index in [0.29, 0.717) is 18.8 Å². The summed E-state index contributed by atoms with van der Waals surface area (Å²) < 4.78 is 9.63. The van der Waals surface area contributed by atoms with E-state index in [2.05, 4.69) is 20.0 Å². The lowest BCUT2D eigenvalue weighted by Crippen LogP contribution is -2.33. The zero-order chi connectivity index (χ0) is 14.5. The number of hydrogen-bond donors (Lipinski definition) is 2. The van der Waals surface area contributed by atoms with Crippen molar-refractivity contribution in [1.29, 1.82) is 0 Å². The van der Waals surface area contributed by atoms with Gasteiger partial charge in [-0.15, -0.1) is 0 Å². The molecule has 0 radical (unpaired) electrons. The number of methoxy groups -OCH3 is 1. The molecule has 1 rings (SSSR count). The predicted octanol–water partition coefficient (Wildman–Crippen LogP) is 1.26. The van der Waals surface area contributed by atoms with Crippen molar-refractivity contribution in [3.63, 3.8) is 0 Å². The highest BCUT2D eigenvalue weighted by molar-refractivity contribution is 5.86. The first kappa shape index (κ1) is 15.0. The minimum Gasteiger partial charge on any atom is -0.464 e. The van der Waals surface area contributed by atoms with Crippen LogP contribution in [0.5, 0.6) is 0 Å². The molecule has 1 heterocycles. The second-order valence-electron chi connectivity index (χ2n) is 4.91. The SMILES string of the molecule is COC(=O)c1cnc(CCNC(=O)OC(C)(C)C)[nH]1. The quantitative estimate of drug-likeness (QED) is 0.803. The van der Waals surface area contributed by atoms with E-state index in [4.69, 9.17) is 4.74 Å². The number of nitrogens with one attached hydrogen (secondary N) is 2. The molecule has 0 atom stereocenters. The van der Waals surface area contributed by atoms with Gasteiger partial charge in [0.15, 0.2) is 0 Å². The van der Waals surface area contributed by atoms with E-state index in [9.17, 15) is 9.59 Å². The first-order valence-electron chi connectivity index (χ1n) is 5.91. The zero-order valence-electron chi connectivity index (χ0n) is 11.6. The standard InChI is InChI=1S/C12H19N3O4/c1-12(2,3)19-11(17)13-6-5-9-14-7-8(15-9)10(16)18-4/h7H,5-6H2,1-4H3,(H,13,17)(H,14,15). The zero-order valence-corrected chi connectivity index (χ0v) is 11.6. The highest BCUT2D eigenvalue weighted by Crippen LogP contribution is 2.06. The first-order valence-corrected chi connectivity index (χ1v) is 5.91. The maximum atomic E-state index is 11.4. The van der Waals surface area contributed by atoms with Crippen molar-refractivity contribution in [1.82, 2.24) is 15.3 Å². The molecular formula is C12H19N3O4. The number of esters is 1. The minimum atomic E-state index is -0.521. The summed E-state index contributed by atoms with van der Waals surface area (Å²) in [5.74, 6) is 0.121. The van der Waals surface area contributed by atoms with Gasteiger partial charge in [0.05, 0.1) is 13.3 Å². The van der Waals surface area contributed by atoms with Gasteiger partial charge in [0, 0.05) is 13.0 Å². The smallest absolute Gasteiger partial charge is 0.407 e. The van der Waals surface area contributed by atoms with Crippen molar-refractivity contribution < 1.29 is 19.1 Å². The van der Waals surface area contributed by atoms with Crippen LogP contribution in [-0.2, 0) is 15.9 Å². The monoisotopic (exact) mass is 269 g/mol. The number of hydrogen-bond acceptors (Lipinski definition) is 5. The molecule has 0 aliphatic rings. The van der Waals surface area contributed by atoms with Crippen molar-refractivity contribution in [3.8, 4) is 0 Å². The number of imidazole rings is 1. The summed E-state index contributed by atoms with van der Waals surface area (Å²) in [6.07, 6.45) is 1.39. The summed E-state index contributed by atoms with van der Waals surface area (Å²) in [5.41, 5.74) is -0.234. The molecule has 2 N–H and O–H groups in total. The molecule has 1 aromatic rings. The average Bonchev–Trinajstić information content (AvgIpc) is 2.74. The predicted molar refractivity (Wildman–Crippen MR) is 67.9 cm³/mol. The summed E-state index contributed by atoms with van der Waals surface area (Å²) in [5, 5.41) is 2.60. The lowest BCUT2D eigenvalue weighted by molar-refractivity contribution is 0.0526. The van der Waals surface area contributed by atoms with Crippen LogP contribution in [0.1, 0.15) is 37.1 Å². The fourth-order valence-corrected chi connectivity index (χ4v) is 1.30. The number of aromatic nitrogens is 2. The van der Waals surface area contributed by atoms with Crippen LogP contribution in [0, 0.1) is 0 Å². The highest BCUT2D eigenvalue weighted by atomic mass is 16.6. The van der Waals surface area contributed by atoms with Crippen LogP contribution in [-0.4, -0.2) is 41.3 Å². The number of ether oxygens (including phenoxy) is 2. The average molecular weight is 269 g/mol. The van der Waals surface area contributed by atoms with Gasteiger partial charge >= 0.3 is 12.1 Å². The lowest BCUT2D eigenvalue weighted by Gasteiger charge is -2.19. The summed E-state index contributed by atoms with van der Waals surface area (Å²) in [6, 6.07) is 0. The number of carbonyl (C=O) groups excluding carboxylic acids is 2. The van der Waals surface area contributed by atoms with E-state index < -0.39 is 17.7 Å². The molecule has 106 valence electrons. The van der Waals surface area contributed by atoms with Crippen LogP contribution in [0.15, 0.2) is 6.20 Å². The molecule has 0 aliphatic carbocycles. The Labute approximate surface area is 111 Å². The molecule has 0 aromatic carbocycles.